The maximum Gasteiger partial charge on any atom is 0.294 e. The van der Waals surface area contributed by atoms with Crippen LogP contribution in [0.15, 0.2) is 56.4 Å². The number of phenols is 1. The molecule has 0 saturated heterocycles. The summed E-state index contributed by atoms with van der Waals surface area (Å²) in [6.07, 6.45) is 0. The Balaban J connectivity index is 2.22. The second-order valence-corrected chi connectivity index (χ2v) is 8.18. The largest absolute Gasteiger partial charge is 0.505 e. The summed E-state index contributed by atoms with van der Waals surface area (Å²) in [6.45, 7) is 0. The first kappa shape index (κ1) is 22.5. The smallest absolute Gasteiger partial charge is 0.294 e. The van der Waals surface area contributed by atoms with Gasteiger partial charge in [0.15, 0.2) is 5.75 Å². The number of rotatable bonds is 7. The molecule has 0 aromatic heterocycles. The van der Waals surface area contributed by atoms with E-state index in [1.807, 2.05) is 0 Å². The number of methoxy groups -OCH3 is 1. The molecule has 0 bridgehead atoms. The average Bonchev–Trinajstić information content (AvgIpc) is 2.71. The number of ether oxygens (including phenoxy) is 1. The average molecular weight is 468 g/mol. The molecule has 3 rings (SSSR count). The number of azo groups is 1. The van der Waals surface area contributed by atoms with E-state index < -0.39 is 20.8 Å². The van der Waals surface area contributed by atoms with Crippen molar-refractivity contribution in [1.82, 2.24) is 0 Å². The van der Waals surface area contributed by atoms with Gasteiger partial charge in [0.2, 0.25) is 0 Å². The van der Waals surface area contributed by atoms with E-state index >= 15 is 0 Å². The van der Waals surface area contributed by atoms with E-state index in [4.69, 9.17) is 21.5 Å². The molecule has 0 fully saturated rings. The fourth-order valence-corrected chi connectivity index (χ4v) is 3.78. The summed E-state index contributed by atoms with van der Waals surface area (Å²) in [5, 5.41) is 31.1. The SMILES string of the molecule is COc1cc(N)ccc1N=Nc1c(SOOO)cc2cc(S(=O)(=O)O)cc(N)c2c1O. The lowest BCUT2D eigenvalue weighted by atomic mass is 10.1. The second-order valence-electron chi connectivity index (χ2n) is 6.01. The lowest BCUT2D eigenvalue weighted by molar-refractivity contribution is -0.432. The number of benzene rings is 3. The van der Waals surface area contributed by atoms with Gasteiger partial charge in [0, 0.05) is 22.8 Å². The van der Waals surface area contributed by atoms with Crippen molar-refractivity contribution in [1.29, 1.82) is 0 Å². The first-order valence-electron chi connectivity index (χ1n) is 8.22. The van der Waals surface area contributed by atoms with Gasteiger partial charge in [-0.05, 0) is 35.7 Å². The number of nitrogens with two attached hydrogens (primary N) is 2. The van der Waals surface area contributed by atoms with Crippen LogP contribution in [0.1, 0.15) is 0 Å². The fraction of sp³-hybridized carbons (Fsp3) is 0.0588. The Bertz CT molecular complexity index is 1280. The summed E-state index contributed by atoms with van der Waals surface area (Å²) in [5.41, 5.74) is 12.1. The predicted octanol–water partition coefficient (Wildman–Crippen LogP) is 3.81. The third-order valence-electron chi connectivity index (χ3n) is 4.07. The van der Waals surface area contributed by atoms with Gasteiger partial charge >= 0.3 is 0 Å². The second kappa shape index (κ2) is 8.93. The summed E-state index contributed by atoms with van der Waals surface area (Å²) in [4.78, 5) is -0.405. The Kier molecular flexibility index (Phi) is 6.49. The number of hydrogen-bond acceptors (Lipinski definition) is 12. The van der Waals surface area contributed by atoms with Crippen molar-refractivity contribution < 1.29 is 37.4 Å². The zero-order valence-corrected chi connectivity index (χ0v) is 17.3. The van der Waals surface area contributed by atoms with Gasteiger partial charge in [0.05, 0.1) is 28.9 Å². The van der Waals surface area contributed by atoms with Gasteiger partial charge in [-0.3, -0.25) is 4.55 Å². The van der Waals surface area contributed by atoms with Crippen molar-refractivity contribution >= 4 is 55.7 Å². The maximum absolute atomic E-state index is 11.5. The highest BCUT2D eigenvalue weighted by Gasteiger charge is 2.20. The molecule has 0 unspecified atom stereocenters. The van der Waals surface area contributed by atoms with Crippen LogP contribution < -0.4 is 16.2 Å². The first-order chi connectivity index (χ1) is 14.7. The Hall–Kier alpha value is -3.14. The van der Waals surface area contributed by atoms with Gasteiger partial charge in [0.25, 0.3) is 10.1 Å². The Morgan fingerprint density at radius 2 is 1.84 bits per heavy atom. The van der Waals surface area contributed by atoms with E-state index in [0.29, 0.717) is 29.2 Å². The molecule has 0 aliphatic heterocycles. The molecule has 0 radical (unpaired) electrons. The first-order valence-corrected chi connectivity index (χ1v) is 10.4. The van der Waals surface area contributed by atoms with Crippen molar-refractivity contribution in [3.05, 3.63) is 36.4 Å². The van der Waals surface area contributed by atoms with Crippen LogP contribution in [0.25, 0.3) is 10.8 Å². The zero-order chi connectivity index (χ0) is 22.8. The summed E-state index contributed by atoms with van der Waals surface area (Å²) in [7, 11) is -3.14. The van der Waals surface area contributed by atoms with Crippen molar-refractivity contribution in [2.75, 3.05) is 18.6 Å². The van der Waals surface area contributed by atoms with E-state index in [1.54, 1.807) is 12.1 Å². The highest BCUT2D eigenvalue weighted by Crippen LogP contribution is 2.46. The minimum absolute atomic E-state index is 0.0555. The van der Waals surface area contributed by atoms with Crippen LogP contribution in [0.2, 0.25) is 0 Å². The van der Waals surface area contributed by atoms with Crippen molar-refractivity contribution in [2.24, 2.45) is 10.2 Å². The van der Waals surface area contributed by atoms with Crippen LogP contribution in [-0.2, 0) is 19.5 Å². The molecule has 0 atom stereocenters. The van der Waals surface area contributed by atoms with Crippen LogP contribution in [-0.4, -0.2) is 30.4 Å². The number of anilines is 2. The topological polar surface area (TPSA) is 199 Å². The Labute approximate surface area is 179 Å². The van der Waals surface area contributed by atoms with E-state index in [9.17, 15) is 18.1 Å². The third kappa shape index (κ3) is 4.79. The van der Waals surface area contributed by atoms with Gasteiger partial charge in [-0.25, -0.2) is 5.26 Å². The van der Waals surface area contributed by atoms with Crippen LogP contribution in [0.5, 0.6) is 11.5 Å². The van der Waals surface area contributed by atoms with E-state index in [2.05, 4.69) is 19.6 Å². The van der Waals surface area contributed by atoms with E-state index in [-0.39, 0.29) is 27.0 Å². The molecule has 0 spiro atoms. The molecule has 12 nitrogen and oxygen atoms in total. The third-order valence-corrected chi connectivity index (χ3v) is 5.52. The quantitative estimate of drug-likeness (QED) is 0.0843. The van der Waals surface area contributed by atoms with E-state index in [0.717, 1.165) is 12.1 Å². The van der Waals surface area contributed by atoms with Crippen LogP contribution in [0, 0.1) is 0 Å². The van der Waals surface area contributed by atoms with Gasteiger partial charge in [-0.2, -0.15) is 8.42 Å². The molecule has 0 aliphatic carbocycles. The van der Waals surface area contributed by atoms with Gasteiger partial charge in [-0.15, -0.1) is 14.6 Å². The predicted molar refractivity (Wildman–Crippen MR) is 112 cm³/mol. The fourth-order valence-electron chi connectivity index (χ4n) is 2.73. The number of nitrogens with zero attached hydrogens (tertiary/aromatic N) is 2. The molecule has 31 heavy (non-hydrogen) atoms. The zero-order valence-electron chi connectivity index (χ0n) is 15.7. The molecule has 0 saturated carbocycles. The van der Waals surface area contributed by atoms with Crippen molar-refractivity contribution in [3.63, 3.8) is 0 Å². The number of nitrogen functional groups attached to an aromatic ring is 2. The summed E-state index contributed by atoms with van der Waals surface area (Å²) >= 11 is 0.453. The minimum Gasteiger partial charge on any atom is -0.505 e. The standard InChI is InChI=1S/C17H16N4O8S2/c1-27-13-6-9(18)2-3-12(13)20-21-16-14(30-29-28-23)5-8-4-10(31(24,25)26)7-11(19)15(8)17(16)22/h2-7,22-23H,18-19H2,1H3,(H,24,25,26). The highest BCUT2D eigenvalue weighted by atomic mass is 32.2. The molecule has 0 aliphatic rings. The van der Waals surface area contributed by atoms with Gasteiger partial charge < -0.3 is 21.3 Å². The molecule has 7 N–H and O–H groups in total. The molecular weight excluding hydrogens is 452 g/mol. The Morgan fingerprint density at radius 1 is 1.10 bits per heavy atom. The number of aromatic hydroxyl groups is 1. The van der Waals surface area contributed by atoms with Gasteiger partial charge in [-0.1, -0.05) is 5.04 Å². The molecule has 164 valence electrons. The number of hydrogen-bond donors (Lipinski definition) is 5. The number of fused-ring (bicyclic) bond motifs is 1. The lowest BCUT2D eigenvalue weighted by Gasteiger charge is -2.12. The Morgan fingerprint density at radius 3 is 2.48 bits per heavy atom. The van der Waals surface area contributed by atoms with Crippen LogP contribution in [0.4, 0.5) is 22.7 Å². The monoisotopic (exact) mass is 468 g/mol. The van der Waals surface area contributed by atoms with Crippen molar-refractivity contribution in [2.45, 2.75) is 9.79 Å². The lowest BCUT2D eigenvalue weighted by Crippen LogP contribution is -2.00. The summed E-state index contributed by atoms with van der Waals surface area (Å²) in [6, 6.07) is 8.07. The minimum atomic E-state index is -4.56. The molecule has 3 aromatic rings. The molecule has 0 heterocycles. The van der Waals surface area contributed by atoms with Crippen LogP contribution in [0.3, 0.4) is 0 Å². The van der Waals surface area contributed by atoms with E-state index in [1.165, 1.54) is 19.2 Å². The summed E-state index contributed by atoms with van der Waals surface area (Å²) < 4.78 is 41.9. The maximum atomic E-state index is 11.5. The summed E-state index contributed by atoms with van der Waals surface area (Å²) in [5.74, 6) is -0.135. The molecule has 3 aromatic carbocycles. The van der Waals surface area contributed by atoms with Crippen molar-refractivity contribution in [3.8, 4) is 11.5 Å². The molecule has 0 amide bonds. The molecule has 14 heteroatoms. The molecular formula is C17H16N4O8S2. The number of phenolic OH excluding ortho intramolecular Hbond substituents is 1. The highest BCUT2D eigenvalue weighted by molar-refractivity contribution is 7.94. The van der Waals surface area contributed by atoms with Crippen LogP contribution >= 0.6 is 12.0 Å². The van der Waals surface area contributed by atoms with Gasteiger partial charge in [0.1, 0.15) is 17.1 Å². The normalized spacial score (nSPS) is 12.0.